The molecule has 2 unspecified atom stereocenters. The zero-order valence-corrected chi connectivity index (χ0v) is 21.5. The molecule has 6 nitrogen and oxygen atoms in total. The minimum Gasteiger partial charge on any atom is -0.351 e. The third-order valence-electron chi connectivity index (χ3n) is 7.28. The molecule has 36 heavy (non-hydrogen) atoms. The summed E-state index contributed by atoms with van der Waals surface area (Å²) in [6, 6.07) is 4.10. The van der Waals surface area contributed by atoms with Crippen LogP contribution in [0.15, 0.2) is 23.6 Å². The second-order valence-corrected chi connectivity index (χ2v) is 10.9. The van der Waals surface area contributed by atoms with E-state index in [2.05, 4.69) is 20.5 Å². The van der Waals surface area contributed by atoms with Crippen molar-refractivity contribution in [3.8, 4) is 0 Å². The fraction of sp³-hybridized carbons (Fsp3) is 0.577. The summed E-state index contributed by atoms with van der Waals surface area (Å²) in [6.07, 6.45) is 2.34. The Kier molecular flexibility index (Phi) is 8.04. The van der Waals surface area contributed by atoms with Crippen molar-refractivity contribution in [2.24, 2.45) is 0 Å². The lowest BCUT2D eigenvalue weighted by molar-refractivity contribution is -0.137. The zero-order valence-electron chi connectivity index (χ0n) is 20.7. The number of alkyl halides is 3. The van der Waals surface area contributed by atoms with Crippen molar-refractivity contribution >= 4 is 28.3 Å². The van der Waals surface area contributed by atoms with Crippen LogP contribution in [0.4, 0.5) is 18.3 Å². The van der Waals surface area contributed by atoms with E-state index < -0.39 is 17.2 Å². The van der Waals surface area contributed by atoms with Gasteiger partial charge in [-0.1, -0.05) is 24.5 Å². The lowest BCUT2D eigenvalue weighted by atomic mass is 9.81. The van der Waals surface area contributed by atoms with E-state index in [4.69, 9.17) is 0 Å². The predicted molar refractivity (Wildman–Crippen MR) is 134 cm³/mol. The van der Waals surface area contributed by atoms with Crippen molar-refractivity contribution in [1.29, 1.82) is 0 Å². The highest BCUT2D eigenvalue weighted by molar-refractivity contribution is 7.14. The number of likely N-dealkylation sites (tertiary alicyclic amines) is 1. The highest BCUT2D eigenvalue weighted by Crippen LogP contribution is 2.44. The number of anilines is 1. The maximum absolute atomic E-state index is 13.8. The Labute approximate surface area is 213 Å². The summed E-state index contributed by atoms with van der Waals surface area (Å²) in [5.74, 6) is -0.460. The molecule has 0 bridgehead atoms. The smallest absolute Gasteiger partial charge is 0.351 e. The first-order valence-electron chi connectivity index (χ1n) is 12.5. The number of benzene rings is 1. The fourth-order valence-electron chi connectivity index (χ4n) is 5.53. The van der Waals surface area contributed by atoms with Gasteiger partial charge in [0.05, 0.1) is 16.7 Å². The average molecular weight is 523 g/mol. The molecule has 1 saturated heterocycles. The molecule has 1 aliphatic heterocycles. The van der Waals surface area contributed by atoms with E-state index in [1.807, 2.05) is 5.38 Å². The summed E-state index contributed by atoms with van der Waals surface area (Å²) in [5.41, 5.74) is -0.0920. The van der Waals surface area contributed by atoms with Crippen LogP contribution in [0.25, 0.3) is 0 Å². The number of aryl methyl sites for hydroxylation is 1. The highest BCUT2D eigenvalue weighted by Gasteiger charge is 2.49. The van der Waals surface area contributed by atoms with Crippen molar-refractivity contribution in [3.63, 3.8) is 0 Å². The molecule has 0 spiro atoms. The number of nitrogens with zero attached hydrogens (tertiary/aromatic N) is 2. The zero-order chi connectivity index (χ0) is 25.9. The number of hydrogen-bond acceptors (Lipinski definition) is 5. The number of aromatic nitrogens is 1. The van der Waals surface area contributed by atoms with Crippen LogP contribution in [0.3, 0.4) is 0 Å². The van der Waals surface area contributed by atoms with Gasteiger partial charge in [-0.3, -0.25) is 9.59 Å². The Hall–Kier alpha value is -2.46. The molecule has 2 atom stereocenters. The lowest BCUT2D eigenvalue weighted by Gasteiger charge is -2.30. The second-order valence-electron chi connectivity index (χ2n) is 10.0. The van der Waals surface area contributed by atoms with Crippen molar-refractivity contribution in [1.82, 2.24) is 15.2 Å². The molecule has 0 radical (unpaired) electrons. The Balaban J connectivity index is 1.57. The molecule has 2 fully saturated rings. The number of carbonyl (C=O) groups is 2. The van der Waals surface area contributed by atoms with Crippen LogP contribution in [0.1, 0.15) is 74.3 Å². The Bertz CT molecular complexity index is 1100. The molecule has 1 aliphatic carbocycles. The van der Waals surface area contributed by atoms with Crippen LogP contribution in [-0.2, 0) is 27.7 Å². The molecule has 2 N–H and O–H groups in total. The number of thiazole rings is 1. The molecule has 2 aromatic rings. The maximum Gasteiger partial charge on any atom is 0.416 e. The predicted octanol–water partition coefficient (Wildman–Crippen LogP) is 5.41. The first-order chi connectivity index (χ1) is 17.1. The third kappa shape index (κ3) is 6.08. The van der Waals surface area contributed by atoms with E-state index in [0.29, 0.717) is 34.8 Å². The summed E-state index contributed by atoms with van der Waals surface area (Å²) in [4.78, 5) is 32.4. The molecular weight excluding hydrogens is 489 g/mol. The Morgan fingerprint density at radius 2 is 1.89 bits per heavy atom. The number of nitrogens with one attached hydrogen (secondary N) is 2. The number of amides is 2. The first-order valence-corrected chi connectivity index (χ1v) is 13.4. The average Bonchev–Trinajstić information content (AvgIpc) is 3.37. The molecule has 1 aromatic carbocycles. The molecule has 196 valence electrons. The maximum atomic E-state index is 13.8. The van der Waals surface area contributed by atoms with E-state index in [0.717, 1.165) is 44.5 Å². The van der Waals surface area contributed by atoms with Gasteiger partial charge in [-0.15, -0.1) is 11.3 Å². The van der Waals surface area contributed by atoms with Crippen molar-refractivity contribution in [2.45, 2.75) is 83.0 Å². The number of halogens is 3. The summed E-state index contributed by atoms with van der Waals surface area (Å²) >= 11 is 1.28. The van der Waals surface area contributed by atoms with E-state index in [1.54, 1.807) is 13.0 Å². The number of hydrogen-bond donors (Lipinski definition) is 2. The minimum atomic E-state index is -4.45. The van der Waals surface area contributed by atoms with Gasteiger partial charge in [0.1, 0.15) is 0 Å². The van der Waals surface area contributed by atoms with E-state index in [1.165, 1.54) is 31.1 Å². The van der Waals surface area contributed by atoms with Crippen LogP contribution < -0.4 is 10.6 Å². The van der Waals surface area contributed by atoms with Crippen molar-refractivity contribution < 1.29 is 22.8 Å². The quantitative estimate of drug-likeness (QED) is 0.532. The van der Waals surface area contributed by atoms with E-state index in [9.17, 15) is 22.8 Å². The van der Waals surface area contributed by atoms with Crippen LogP contribution >= 0.6 is 11.3 Å². The van der Waals surface area contributed by atoms with Crippen LogP contribution in [0.5, 0.6) is 0 Å². The van der Waals surface area contributed by atoms with Crippen molar-refractivity contribution in [3.05, 3.63) is 46.0 Å². The summed E-state index contributed by atoms with van der Waals surface area (Å²) < 4.78 is 39.9. The molecule has 2 heterocycles. The molecule has 1 saturated carbocycles. The van der Waals surface area contributed by atoms with Gasteiger partial charge < -0.3 is 15.5 Å². The second kappa shape index (κ2) is 10.9. The normalized spacial score (nSPS) is 23.3. The topological polar surface area (TPSA) is 74.3 Å². The summed E-state index contributed by atoms with van der Waals surface area (Å²) in [6.45, 7) is 5.05. The number of rotatable bonds is 6. The van der Waals surface area contributed by atoms with Gasteiger partial charge in [-0.25, -0.2) is 4.98 Å². The van der Waals surface area contributed by atoms with Gasteiger partial charge in [0.2, 0.25) is 11.8 Å². The van der Waals surface area contributed by atoms with Crippen LogP contribution in [-0.4, -0.2) is 40.8 Å². The van der Waals surface area contributed by atoms with Gasteiger partial charge in [0.15, 0.2) is 5.13 Å². The molecule has 1 aromatic heterocycles. The van der Waals surface area contributed by atoms with Gasteiger partial charge in [-0.2, -0.15) is 13.2 Å². The van der Waals surface area contributed by atoms with Gasteiger partial charge in [0, 0.05) is 24.9 Å². The standard InChI is InChI=1S/C26H33F3N4O2S/c1-17-11-19(13-20(12-17)26(27,28)29)15-30-23(35)25(22-16-36-24(32-22)31-18(2)34)8-7-21(14-25)33-9-5-3-4-6-10-33/h11-13,16,21H,3-10,14-15H2,1-2H3,(H,30,35)(H,31,32,34). The van der Waals surface area contributed by atoms with E-state index >= 15 is 0 Å². The highest BCUT2D eigenvalue weighted by atomic mass is 32.1. The molecule has 2 aliphatic rings. The largest absolute Gasteiger partial charge is 0.416 e. The fourth-order valence-corrected chi connectivity index (χ4v) is 6.38. The summed E-state index contributed by atoms with van der Waals surface area (Å²) in [5, 5.41) is 7.88. The van der Waals surface area contributed by atoms with Crippen LogP contribution in [0.2, 0.25) is 0 Å². The Morgan fingerprint density at radius 1 is 1.17 bits per heavy atom. The van der Waals surface area contributed by atoms with Gasteiger partial charge in [0.25, 0.3) is 0 Å². The van der Waals surface area contributed by atoms with Gasteiger partial charge in [-0.05, 0) is 69.8 Å². The molecule has 10 heteroatoms. The van der Waals surface area contributed by atoms with E-state index in [-0.39, 0.29) is 24.4 Å². The Morgan fingerprint density at radius 3 is 2.56 bits per heavy atom. The SMILES string of the molecule is CC(=O)Nc1nc(C2(C(=O)NCc3cc(C)cc(C(F)(F)F)c3)CCC(N3CCCCCC3)C2)cs1. The molecule has 4 rings (SSSR count). The monoisotopic (exact) mass is 522 g/mol. The minimum absolute atomic E-state index is 0.00240. The van der Waals surface area contributed by atoms with Crippen molar-refractivity contribution in [2.75, 3.05) is 18.4 Å². The molecular formula is C26H33F3N4O2S. The van der Waals surface area contributed by atoms with Gasteiger partial charge >= 0.3 is 6.18 Å². The number of carbonyl (C=O) groups excluding carboxylic acids is 2. The summed E-state index contributed by atoms with van der Waals surface area (Å²) in [7, 11) is 0. The molecule has 2 amide bonds. The third-order valence-corrected chi connectivity index (χ3v) is 8.03. The van der Waals surface area contributed by atoms with Crippen LogP contribution in [0, 0.1) is 6.92 Å². The lowest BCUT2D eigenvalue weighted by Crippen LogP contribution is -2.44. The first kappa shape index (κ1) is 26.6.